The Balaban J connectivity index is 1.78. The zero-order chi connectivity index (χ0) is 14.2. The molecule has 3 N–H and O–H groups in total. The van der Waals surface area contributed by atoms with Crippen LogP contribution in [0.5, 0.6) is 5.75 Å². The molecule has 0 unspecified atom stereocenters. The molecule has 102 valence electrons. The average Bonchev–Trinajstić information content (AvgIpc) is 2.46. The molecule has 0 aliphatic carbocycles. The minimum Gasteiger partial charge on any atom is -0.508 e. The summed E-state index contributed by atoms with van der Waals surface area (Å²) < 4.78 is 0. The van der Waals surface area contributed by atoms with Crippen LogP contribution in [-0.4, -0.2) is 23.8 Å². The Morgan fingerprint density at radius 2 is 1.95 bits per heavy atom. The van der Waals surface area contributed by atoms with Crippen LogP contribution in [-0.2, 0) is 4.79 Å². The van der Waals surface area contributed by atoms with E-state index in [1.54, 1.807) is 24.3 Å². The fourth-order valence-electron chi connectivity index (χ4n) is 1.56. The molecule has 0 spiro atoms. The monoisotopic (exact) mass is 269 g/mol. The lowest BCUT2D eigenvalue weighted by atomic mass is 10.2. The number of carbonyl (C=O) groups excluding carboxylic acids is 1. The third-order valence-corrected chi connectivity index (χ3v) is 2.50. The molecule has 2 rings (SSSR count). The second-order valence-corrected chi connectivity index (χ2v) is 4.11. The average molecular weight is 269 g/mol. The molecule has 0 saturated carbocycles. The maximum atomic E-state index is 11.5. The van der Waals surface area contributed by atoms with E-state index in [0.29, 0.717) is 5.56 Å². The van der Waals surface area contributed by atoms with Crippen molar-refractivity contribution in [2.24, 2.45) is 5.10 Å². The van der Waals surface area contributed by atoms with E-state index in [2.05, 4.69) is 15.8 Å². The van der Waals surface area contributed by atoms with Gasteiger partial charge in [-0.3, -0.25) is 4.79 Å². The molecule has 5 nitrogen and oxygen atoms in total. The molecular weight excluding hydrogens is 254 g/mol. The number of hydrogen-bond donors (Lipinski definition) is 3. The highest BCUT2D eigenvalue weighted by atomic mass is 16.3. The van der Waals surface area contributed by atoms with Gasteiger partial charge in [-0.25, -0.2) is 5.43 Å². The van der Waals surface area contributed by atoms with E-state index in [1.165, 1.54) is 6.21 Å². The molecule has 0 aromatic heterocycles. The van der Waals surface area contributed by atoms with Crippen LogP contribution >= 0.6 is 0 Å². The largest absolute Gasteiger partial charge is 0.508 e. The third kappa shape index (κ3) is 4.45. The van der Waals surface area contributed by atoms with Crippen molar-refractivity contribution in [1.29, 1.82) is 0 Å². The Morgan fingerprint density at radius 3 is 2.70 bits per heavy atom. The fraction of sp³-hybridized carbons (Fsp3) is 0.0667. The smallest absolute Gasteiger partial charge is 0.259 e. The van der Waals surface area contributed by atoms with Crippen molar-refractivity contribution in [3.8, 4) is 5.75 Å². The molecule has 5 heteroatoms. The number of hydrazone groups is 1. The molecule has 0 atom stereocenters. The van der Waals surface area contributed by atoms with E-state index in [0.717, 1.165) is 5.69 Å². The van der Waals surface area contributed by atoms with Crippen LogP contribution in [0.15, 0.2) is 59.7 Å². The van der Waals surface area contributed by atoms with Gasteiger partial charge >= 0.3 is 0 Å². The van der Waals surface area contributed by atoms with Crippen LogP contribution in [0.4, 0.5) is 5.69 Å². The van der Waals surface area contributed by atoms with Gasteiger partial charge in [-0.1, -0.05) is 30.3 Å². The van der Waals surface area contributed by atoms with Crippen molar-refractivity contribution in [3.63, 3.8) is 0 Å². The van der Waals surface area contributed by atoms with Crippen molar-refractivity contribution in [2.45, 2.75) is 0 Å². The van der Waals surface area contributed by atoms with Crippen LogP contribution in [0.1, 0.15) is 5.56 Å². The maximum Gasteiger partial charge on any atom is 0.259 e. The quantitative estimate of drug-likeness (QED) is 0.574. The number of amides is 1. The van der Waals surface area contributed by atoms with Gasteiger partial charge in [0.1, 0.15) is 5.75 Å². The zero-order valence-corrected chi connectivity index (χ0v) is 10.8. The van der Waals surface area contributed by atoms with Crippen LogP contribution in [0.3, 0.4) is 0 Å². The molecule has 0 radical (unpaired) electrons. The predicted octanol–water partition coefficient (Wildman–Crippen LogP) is 1.95. The first-order chi connectivity index (χ1) is 9.74. The van der Waals surface area contributed by atoms with Gasteiger partial charge in [0.2, 0.25) is 0 Å². The van der Waals surface area contributed by atoms with E-state index in [9.17, 15) is 9.90 Å². The molecule has 0 fully saturated rings. The maximum absolute atomic E-state index is 11.5. The van der Waals surface area contributed by atoms with Crippen LogP contribution < -0.4 is 10.7 Å². The standard InChI is InChI=1S/C15H15N3O2/c19-14-8-4-5-12(9-14)10-17-18-15(20)11-16-13-6-2-1-3-7-13/h1-10,16,19H,11H2,(H,18,20)/b17-10+. The summed E-state index contributed by atoms with van der Waals surface area (Å²) in [5, 5.41) is 16.1. The van der Waals surface area contributed by atoms with E-state index in [1.807, 2.05) is 30.3 Å². The summed E-state index contributed by atoms with van der Waals surface area (Å²) >= 11 is 0. The lowest BCUT2D eigenvalue weighted by molar-refractivity contribution is -0.119. The molecular formula is C15H15N3O2. The van der Waals surface area contributed by atoms with Crippen LogP contribution in [0.25, 0.3) is 0 Å². The third-order valence-electron chi connectivity index (χ3n) is 2.50. The summed E-state index contributed by atoms with van der Waals surface area (Å²) in [5.74, 6) is -0.0868. The Hall–Kier alpha value is -2.82. The molecule has 2 aromatic carbocycles. The van der Waals surface area contributed by atoms with E-state index < -0.39 is 0 Å². The summed E-state index contributed by atoms with van der Waals surface area (Å²) in [5.41, 5.74) is 3.99. The molecule has 0 bridgehead atoms. The van der Waals surface area contributed by atoms with Crippen LogP contribution in [0, 0.1) is 0 Å². The second-order valence-electron chi connectivity index (χ2n) is 4.11. The molecule has 1 amide bonds. The number of benzene rings is 2. The van der Waals surface area contributed by atoms with E-state index in [4.69, 9.17) is 0 Å². The number of phenols is 1. The zero-order valence-electron chi connectivity index (χ0n) is 10.8. The highest BCUT2D eigenvalue weighted by Crippen LogP contribution is 2.08. The SMILES string of the molecule is O=C(CNc1ccccc1)N/N=C/c1cccc(O)c1. The number of carbonyl (C=O) groups is 1. The Bertz CT molecular complexity index is 597. The Morgan fingerprint density at radius 1 is 1.15 bits per heavy atom. The number of aromatic hydroxyl groups is 1. The van der Waals surface area contributed by atoms with Gasteiger partial charge in [0.05, 0.1) is 12.8 Å². The lowest BCUT2D eigenvalue weighted by Crippen LogP contribution is -2.25. The lowest BCUT2D eigenvalue weighted by Gasteiger charge is -2.04. The van der Waals surface area contributed by atoms with Crippen molar-refractivity contribution in [2.75, 3.05) is 11.9 Å². The first-order valence-corrected chi connectivity index (χ1v) is 6.14. The van der Waals surface area contributed by atoms with Crippen molar-refractivity contribution >= 4 is 17.8 Å². The summed E-state index contributed by atoms with van der Waals surface area (Å²) in [6.45, 7) is 0.140. The Kier molecular flexibility index (Phi) is 4.72. The first kappa shape index (κ1) is 13.6. The Labute approximate surface area is 117 Å². The first-order valence-electron chi connectivity index (χ1n) is 6.14. The topological polar surface area (TPSA) is 73.7 Å². The van der Waals surface area contributed by atoms with Crippen molar-refractivity contribution in [3.05, 3.63) is 60.2 Å². The number of nitrogens with zero attached hydrogens (tertiary/aromatic N) is 1. The van der Waals surface area contributed by atoms with Gasteiger partial charge in [0.25, 0.3) is 5.91 Å². The number of rotatable bonds is 5. The highest BCUT2D eigenvalue weighted by molar-refractivity contribution is 5.84. The van der Waals surface area contributed by atoms with Crippen molar-refractivity contribution in [1.82, 2.24) is 5.43 Å². The number of nitrogens with one attached hydrogen (secondary N) is 2. The highest BCUT2D eigenvalue weighted by Gasteiger charge is 1.98. The van der Waals surface area contributed by atoms with Gasteiger partial charge in [-0.2, -0.15) is 5.10 Å². The summed E-state index contributed by atoms with van der Waals surface area (Å²) in [7, 11) is 0. The number of phenolic OH excluding ortho intramolecular Hbond substituents is 1. The molecule has 0 aliphatic rings. The van der Waals surface area contributed by atoms with Gasteiger partial charge in [-0.05, 0) is 29.8 Å². The summed E-state index contributed by atoms with van der Waals surface area (Å²) in [4.78, 5) is 11.5. The molecule has 20 heavy (non-hydrogen) atoms. The normalized spacial score (nSPS) is 10.4. The van der Waals surface area contributed by atoms with Crippen molar-refractivity contribution < 1.29 is 9.90 Å². The molecule has 0 saturated heterocycles. The van der Waals surface area contributed by atoms with Crippen LogP contribution in [0.2, 0.25) is 0 Å². The summed E-state index contributed by atoms with van der Waals surface area (Å²) in [6, 6.07) is 16.0. The number of hydrogen-bond acceptors (Lipinski definition) is 4. The van der Waals surface area contributed by atoms with E-state index in [-0.39, 0.29) is 18.2 Å². The molecule has 2 aromatic rings. The molecule has 0 heterocycles. The predicted molar refractivity (Wildman–Crippen MR) is 78.8 cm³/mol. The summed E-state index contributed by atoms with van der Waals surface area (Å²) in [6.07, 6.45) is 1.47. The number of anilines is 1. The second kappa shape index (κ2) is 6.94. The van der Waals surface area contributed by atoms with Gasteiger partial charge in [0, 0.05) is 5.69 Å². The van der Waals surface area contributed by atoms with Gasteiger partial charge in [0.15, 0.2) is 0 Å². The fourth-order valence-corrected chi connectivity index (χ4v) is 1.56. The van der Waals surface area contributed by atoms with E-state index >= 15 is 0 Å². The van der Waals surface area contributed by atoms with Gasteiger partial charge in [-0.15, -0.1) is 0 Å². The minimum absolute atomic E-state index is 0.140. The minimum atomic E-state index is -0.245. The molecule has 0 aliphatic heterocycles. The van der Waals surface area contributed by atoms with Gasteiger partial charge < -0.3 is 10.4 Å². The number of para-hydroxylation sites is 1.